The average molecular weight is 538 g/mol. The van der Waals surface area contributed by atoms with Crippen molar-refractivity contribution < 1.29 is 22.7 Å². The molecule has 0 unspecified atom stereocenters. The van der Waals surface area contributed by atoms with Gasteiger partial charge in [-0.1, -0.05) is 55.5 Å². The zero-order valence-corrected chi connectivity index (χ0v) is 23.0. The molecule has 202 valence electrons. The minimum absolute atomic E-state index is 0.0205. The van der Waals surface area contributed by atoms with E-state index in [4.69, 9.17) is 4.74 Å². The molecule has 0 aliphatic carbocycles. The van der Waals surface area contributed by atoms with Crippen molar-refractivity contribution in [1.29, 1.82) is 0 Å². The summed E-state index contributed by atoms with van der Waals surface area (Å²) >= 11 is 0. The molecular formula is C29H35N3O5S. The first-order chi connectivity index (χ1) is 18.2. The van der Waals surface area contributed by atoms with E-state index in [1.807, 2.05) is 44.2 Å². The van der Waals surface area contributed by atoms with E-state index in [0.29, 0.717) is 11.4 Å². The number of anilines is 1. The Hall–Kier alpha value is -3.85. The van der Waals surface area contributed by atoms with Gasteiger partial charge >= 0.3 is 0 Å². The fourth-order valence-electron chi connectivity index (χ4n) is 3.83. The number of carbonyl (C=O) groups is 2. The van der Waals surface area contributed by atoms with Gasteiger partial charge in [-0.15, -0.1) is 0 Å². The van der Waals surface area contributed by atoms with Gasteiger partial charge in [0, 0.05) is 12.6 Å². The van der Waals surface area contributed by atoms with E-state index >= 15 is 0 Å². The topological polar surface area (TPSA) is 96.0 Å². The van der Waals surface area contributed by atoms with Crippen LogP contribution < -0.4 is 14.4 Å². The molecule has 0 aromatic heterocycles. The first-order valence-electron chi connectivity index (χ1n) is 12.5. The number of carbonyl (C=O) groups excluding carboxylic acids is 2. The van der Waals surface area contributed by atoms with Gasteiger partial charge in [0.2, 0.25) is 11.8 Å². The molecule has 0 spiro atoms. The SMILES string of the molecule is CC[C@H](C)NC(=O)[C@@H](C)N(Cc1ccccc1)C(=O)CN(c1ccccc1)S(=O)(=O)c1ccc(OC)cc1. The van der Waals surface area contributed by atoms with E-state index in [1.165, 1.54) is 24.1 Å². The van der Waals surface area contributed by atoms with Crippen molar-refractivity contribution >= 4 is 27.5 Å². The molecule has 3 rings (SSSR count). The number of methoxy groups -OCH3 is 1. The van der Waals surface area contributed by atoms with E-state index in [2.05, 4.69) is 5.32 Å². The third kappa shape index (κ3) is 7.13. The number of rotatable bonds is 12. The van der Waals surface area contributed by atoms with E-state index in [9.17, 15) is 18.0 Å². The van der Waals surface area contributed by atoms with Crippen LogP contribution in [0, 0.1) is 0 Å². The standard InChI is InChI=1S/C29H35N3O5S/c1-5-22(2)30-29(34)23(3)31(20-24-12-8-6-9-13-24)28(33)21-32(25-14-10-7-11-15-25)38(35,36)27-18-16-26(37-4)17-19-27/h6-19,22-23H,5,20-21H2,1-4H3,(H,30,34)/t22-,23+/m0/s1. The lowest BCUT2D eigenvalue weighted by atomic mass is 10.1. The van der Waals surface area contributed by atoms with Crippen molar-refractivity contribution in [2.45, 2.75) is 50.7 Å². The van der Waals surface area contributed by atoms with Gasteiger partial charge in [-0.2, -0.15) is 0 Å². The number of ether oxygens (including phenoxy) is 1. The lowest BCUT2D eigenvalue weighted by molar-refractivity contribution is -0.139. The zero-order valence-electron chi connectivity index (χ0n) is 22.2. The van der Waals surface area contributed by atoms with Gasteiger partial charge in [-0.25, -0.2) is 8.42 Å². The molecule has 9 heteroatoms. The Kier molecular flexibility index (Phi) is 9.90. The summed E-state index contributed by atoms with van der Waals surface area (Å²) in [4.78, 5) is 28.3. The maximum Gasteiger partial charge on any atom is 0.264 e. The first-order valence-corrected chi connectivity index (χ1v) is 14.0. The largest absolute Gasteiger partial charge is 0.497 e. The Morgan fingerprint density at radius 3 is 2.03 bits per heavy atom. The Morgan fingerprint density at radius 1 is 0.895 bits per heavy atom. The van der Waals surface area contributed by atoms with Crippen LogP contribution in [0.1, 0.15) is 32.8 Å². The molecule has 0 heterocycles. The molecule has 0 saturated heterocycles. The fraction of sp³-hybridized carbons (Fsp3) is 0.310. The van der Waals surface area contributed by atoms with Gasteiger partial charge in [-0.05, 0) is 62.2 Å². The molecule has 0 aliphatic rings. The highest BCUT2D eigenvalue weighted by molar-refractivity contribution is 7.92. The Balaban J connectivity index is 1.98. The van der Waals surface area contributed by atoms with Gasteiger partial charge in [0.25, 0.3) is 10.0 Å². The third-order valence-corrected chi connectivity index (χ3v) is 8.12. The van der Waals surface area contributed by atoms with Crippen LogP contribution in [0.15, 0.2) is 89.8 Å². The lowest BCUT2D eigenvalue weighted by Gasteiger charge is -2.32. The highest BCUT2D eigenvalue weighted by atomic mass is 32.2. The maximum absolute atomic E-state index is 13.8. The second kappa shape index (κ2) is 13.1. The van der Waals surface area contributed by atoms with Crippen LogP contribution in [-0.2, 0) is 26.2 Å². The van der Waals surface area contributed by atoms with E-state index in [1.54, 1.807) is 49.4 Å². The quantitative estimate of drug-likeness (QED) is 0.373. The second-order valence-electron chi connectivity index (χ2n) is 9.02. The summed E-state index contributed by atoms with van der Waals surface area (Å²) in [7, 11) is -2.62. The molecule has 0 bridgehead atoms. The zero-order chi connectivity index (χ0) is 27.7. The van der Waals surface area contributed by atoms with E-state index in [-0.39, 0.29) is 23.4 Å². The summed E-state index contributed by atoms with van der Waals surface area (Å²) in [6.07, 6.45) is 0.743. The van der Waals surface area contributed by atoms with Crippen LogP contribution >= 0.6 is 0 Å². The van der Waals surface area contributed by atoms with E-state index < -0.39 is 28.5 Å². The Labute approximate surface area is 225 Å². The van der Waals surface area contributed by atoms with Crippen LogP contribution in [0.2, 0.25) is 0 Å². The number of para-hydroxylation sites is 1. The molecule has 1 N–H and O–H groups in total. The number of nitrogens with one attached hydrogen (secondary N) is 1. The molecule has 0 radical (unpaired) electrons. The summed E-state index contributed by atoms with van der Waals surface area (Å²) < 4.78 is 33.8. The predicted octanol–water partition coefficient (Wildman–Crippen LogP) is 4.22. The molecule has 38 heavy (non-hydrogen) atoms. The summed E-state index contributed by atoms with van der Waals surface area (Å²) in [5.41, 5.74) is 1.17. The van der Waals surface area contributed by atoms with Gasteiger partial charge in [0.15, 0.2) is 0 Å². The molecule has 0 fully saturated rings. The van der Waals surface area contributed by atoms with Crippen LogP contribution in [0.4, 0.5) is 5.69 Å². The van der Waals surface area contributed by atoms with Gasteiger partial charge in [0.05, 0.1) is 17.7 Å². The Morgan fingerprint density at radius 2 is 1.47 bits per heavy atom. The number of benzene rings is 3. The maximum atomic E-state index is 13.8. The third-order valence-electron chi connectivity index (χ3n) is 6.33. The highest BCUT2D eigenvalue weighted by Gasteiger charge is 2.32. The molecule has 3 aromatic rings. The average Bonchev–Trinajstić information content (AvgIpc) is 2.94. The van der Waals surface area contributed by atoms with Crippen LogP contribution in [0.3, 0.4) is 0 Å². The van der Waals surface area contributed by atoms with Crippen molar-refractivity contribution in [2.24, 2.45) is 0 Å². The number of nitrogens with zero attached hydrogens (tertiary/aromatic N) is 2. The molecule has 2 atom stereocenters. The first kappa shape index (κ1) is 28.7. The smallest absolute Gasteiger partial charge is 0.264 e. The molecule has 0 aliphatic heterocycles. The van der Waals surface area contributed by atoms with Crippen molar-refractivity contribution in [3.8, 4) is 5.75 Å². The summed E-state index contributed by atoms with van der Waals surface area (Å²) in [5, 5.41) is 2.93. The molecule has 8 nitrogen and oxygen atoms in total. The van der Waals surface area contributed by atoms with Crippen molar-refractivity contribution in [3.63, 3.8) is 0 Å². The van der Waals surface area contributed by atoms with Crippen LogP contribution in [0.25, 0.3) is 0 Å². The van der Waals surface area contributed by atoms with Crippen molar-refractivity contribution in [2.75, 3.05) is 18.0 Å². The van der Waals surface area contributed by atoms with Gasteiger partial charge in [0.1, 0.15) is 18.3 Å². The summed E-state index contributed by atoms with van der Waals surface area (Å²) in [6.45, 7) is 5.19. The van der Waals surface area contributed by atoms with Crippen LogP contribution in [-0.4, -0.2) is 50.9 Å². The number of sulfonamides is 1. The number of hydrogen-bond donors (Lipinski definition) is 1. The van der Waals surface area contributed by atoms with Crippen molar-refractivity contribution in [1.82, 2.24) is 10.2 Å². The molecule has 2 amide bonds. The highest BCUT2D eigenvalue weighted by Crippen LogP contribution is 2.25. The molecule has 0 saturated carbocycles. The molecular weight excluding hydrogens is 502 g/mol. The summed E-state index contributed by atoms with van der Waals surface area (Å²) in [5.74, 6) is -0.282. The molecule has 3 aromatic carbocycles. The fourth-order valence-corrected chi connectivity index (χ4v) is 5.24. The Bertz CT molecular complexity index is 1300. The number of amides is 2. The minimum atomic E-state index is -4.12. The monoisotopic (exact) mass is 537 g/mol. The normalized spacial score (nSPS) is 12.7. The second-order valence-corrected chi connectivity index (χ2v) is 10.9. The van der Waals surface area contributed by atoms with Crippen molar-refractivity contribution in [3.05, 3.63) is 90.5 Å². The summed E-state index contributed by atoms with van der Waals surface area (Å²) in [6, 6.07) is 22.9. The van der Waals surface area contributed by atoms with E-state index in [0.717, 1.165) is 16.3 Å². The lowest BCUT2D eigenvalue weighted by Crippen LogP contribution is -2.52. The van der Waals surface area contributed by atoms with Gasteiger partial charge in [-0.3, -0.25) is 13.9 Å². The van der Waals surface area contributed by atoms with Crippen LogP contribution in [0.5, 0.6) is 5.75 Å². The number of hydrogen-bond acceptors (Lipinski definition) is 5. The predicted molar refractivity (Wildman–Crippen MR) is 148 cm³/mol. The minimum Gasteiger partial charge on any atom is -0.497 e. The van der Waals surface area contributed by atoms with Gasteiger partial charge < -0.3 is 15.0 Å².